The Kier molecular flexibility index (Phi) is 4.50. The number of aromatic nitrogens is 5. The number of hydrogen-bond donors (Lipinski definition) is 3. The number of hydrogen-bond acceptors (Lipinski definition) is 8. The number of anilines is 2. The number of nitrogens with zero attached hydrogens (tertiary/aromatic N) is 5. The highest BCUT2D eigenvalue weighted by molar-refractivity contribution is 6.11. The predicted octanol–water partition coefficient (Wildman–Crippen LogP) is 0.624. The molecule has 0 spiro atoms. The summed E-state index contributed by atoms with van der Waals surface area (Å²) in [4.78, 5) is 24.7. The summed E-state index contributed by atoms with van der Waals surface area (Å²) >= 11 is 0. The number of carbonyl (C=O) groups excluding carboxylic acids is 1. The van der Waals surface area contributed by atoms with Crippen LogP contribution in [0.25, 0.3) is 5.65 Å². The van der Waals surface area contributed by atoms with E-state index in [1.165, 1.54) is 12.5 Å². The first-order valence-electron chi connectivity index (χ1n) is 8.40. The molecule has 1 atom stereocenters. The Balaban J connectivity index is 1.59. The lowest BCUT2D eigenvalue weighted by atomic mass is 10.1. The second-order valence-electron chi connectivity index (χ2n) is 6.08. The van der Waals surface area contributed by atoms with Crippen molar-refractivity contribution in [3.05, 3.63) is 36.3 Å². The molecular weight excluding hydrogens is 355 g/mol. The van der Waals surface area contributed by atoms with Gasteiger partial charge < -0.3 is 21.1 Å². The van der Waals surface area contributed by atoms with Crippen LogP contribution in [0.1, 0.15) is 23.2 Å². The molecule has 0 aliphatic carbocycles. The molecule has 1 aliphatic heterocycles. The lowest BCUT2D eigenvalue weighted by molar-refractivity contribution is 0.102. The fraction of sp³-hybridized carbons (Fsp3) is 0.312. The van der Waals surface area contributed by atoms with Gasteiger partial charge in [0.05, 0.1) is 18.6 Å². The molecule has 0 aromatic carbocycles. The molecule has 0 unspecified atom stereocenters. The Morgan fingerprint density at radius 1 is 1.41 bits per heavy atom. The zero-order valence-corrected chi connectivity index (χ0v) is 14.2. The van der Waals surface area contributed by atoms with Crippen molar-refractivity contribution in [2.45, 2.75) is 18.9 Å². The molecule has 10 nitrogen and oxygen atoms in total. The molecule has 1 saturated heterocycles. The molecule has 4 N–H and O–H groups in total. The third kappa shape index (κ3) is 3.49. The van der Waals surface area contributed by atoms with Crippen LogP contribution in [0, 0.1) is 5.82 Å². The summed E-state index contributed by atoms with van der Waals surface area (Å²) in [7, 11) is 0. The van der Waals surface area contributed by atoms with Gasteiger partial charge in [0.2, 0.25) is 5.88 Å². The van der Waals surface area contributed by atoms with Crippen LogP contribution in [0.4, 0.5) is 15.9 Å². The van der Waals surface area contributed by atoms with E-state index in [0.717, 1.165) is 36.3 Å². The zero-order valence-electron chi connectivity index (χ0n) is 14.2. The highest BCUT2D eigenvalue weighted by Crippen LogP contribution is 2.25. The van der Waals surface area contributed by atoms with E-state index in [0.29, 0.717) is 12.2 Å². The Labute approximate surface area is 153 Å². The van der Waals surface area contributed by atoms with Crippen LogP contribution in [0.15, 0.2) is 24.9 Å². The first-order chi connectivity index (χ1) is 13.1. The molecule has 1 aliphatic rings. The zero-order chi connectivity index (χ0) is 18.8. The highest BCUT2D eigenvalue weighted by Gasteiger charge is 2.22. The summed E-state index contributed by atoms with van der Waals surface area (Å²) < 4.78 is 20.3. The van der Waals surface area contributed by atoms with Crippen molar-refractivity contribution in [1.29, 1.82) is 0 Å². The number of halogens is 1. The van der Waals surface area contributed by atoms with Crippen molar-refractivity contribution in [3.8, 4) is 5.88 Å². The van der Waals surface area contributed by atoms with Gasteiger partial charge in [0.25, 0.3) is 5.91 Å². The van der Waals surface area contributed by atoms with Crippen molar-refractivity contribution in [3.63, 3.8) is 0 Å². The molecular formula is C16H17FN8O2. The maximum Gasteiger partial charge on any atom is 0.263 e. The van der Waals surface area contributed by atoms with Crippen LogP contribution in [-0.4, -0.2) is 49.7 Å². The first-order valence-corrected chi connectivity index (χ1v) is 8.40. The third-order valence-electron chi connectivity index (χ3n) is 4.15. The van der Waals surface area contributed by atoms with Crippen molar-refractivity contribution in [2.24, 2.45) is 0 Å². The number of nitrogens with two attached hydrogens (primary N) is 1. The predicted molar refractivity (Wildman–Crippen MR) is 93.9 cm³/mol. The quantitative estimate of drug-likeness (QED) is 0.607. The van der Waals surface area contributed by atoms with E-state index in [2.05, 4.69) is 30.7 Å². The molecule has 11 heteroatoms. The van der Waals surface area contributed by atoms with Gasteiger partial charge in [-0.25, -0.2) is 18.9 Å². The molecule has 140 valence electrons. The van der Waals surface area contributed by atoms with E-state index in [-0.39, 0.29) is 29.0 Å². The number of piperidine rings is 1. The van der Waals surface area contributed by atoms with Crippen LogP contribution >= 0.6 is 0 Å². The number of carbonyl (C=O) groups is 1. The van der Waals surface area contributed by atoms with Gasteiger partial charge in [0.1, 0.15) is 23.7 Å². The summed E-state index contributed by atoms with van der Waals surface area (Å²) in [5, 5.41) is 9.83. The van der Waals surface area contributed by atoms with Gasteiger partial charge in [0, 0.05) is 6.54 Å². The molecule has 0 bridgehead atoms. The second kappa shape index (κ2) is 7.11. The molecule has 3 aromatic rings. The van der Waals surface area contributed by atoms with Crippen molar-refractivity contribution < 1.29 is 13.9 Å². The van der Waals surface area contributed by atoms with Crippen LogP contribution < -0.4 is 21.1 Å². The SMILES string of the molecule is Nc1nn2cc(F)cnc2c1C(=O)Nc1cncnc1O[C@@H]1CCCNC1. The fourth-order valence-corrected chi connectivity index (χ4v) is 2.91. The van der Waals surface area contributed by atoms with E-state index in [1.807, 2.05) is 0 Å². The summed E-state index contributed by atoms with van der Waals surface area (Å²) in [6, 6.07) is 0. The Hall–Kier alpha value is -3.34. The largest absolute Gasteiger partial charge is 0.471 e. The summed E-state index contributed by atoms with van der Waals surface area (Å²) in [5.74, 6) is -0.962. The summed E-state index contributed by atoms with van der Waals surface area (Å²) in [6.45, 7) is 1.66. The first kappa shape index (κ1) is 17.1. The van der Waals surface area contributed by atoms with Crippen molar-refractivity contribution in [1.82, 2.24) is 29.9 Å². The standard InChI is InChI=1S/C16H17FN8O2/c17-9-4-21-14-12(13(18)24-25(14)7-9)15(26)23-11-6-20-8-22-16(11)27-10-2-1-3-19-5-10/h4,6-8,10,19H,1-3,5H2,(H2,18,24)(H,23,26)/t10-/m1/s1. The lowest BCUT2D eigenvalue weighted by Gasteiger charge is -2.24. The number of nitrogens with one attached hydrogen (secondary N) is 2. The minimum absolute atomic E-state index is 0.0316. The topological polar surface area (TPSA) is 132 Å². The van der Waals surface area contributed by atoms with E-state index < -0.39 is 11.7 Å². The highest BCUT2D eigenvalue weighted by atomic mass is 19.1. The van der Waals surface area contributed by atoms with E-state index in [9.17, 15) is 9.18 Å². The molecule has 27 heavy (non-hydrogen) atoms. The van der Waals surface area contributed by atoms with Gasteiger partial charge >= 0.3 is 0 Å². The second-order valence-corrected chi connectivity index (χ2v) is 6.08. The normalized spacial score (nSPS) is 17.0. The number of ether oxygens (including phenoxy) is 1. The molecule has 4 rings (SSSR count). The van der Waals surface area contributed by atoms with Crippen LogP contribution in [0.3, 0.4) is 0 Å². The van der Waals surface area contributed by atoms with Gasteiger partial charge in [-0.15, -0.1) is 5.10 Å². The van der Waals surface area contributed by atoms with Gasteiger partial charge in [-0.2, -0.15) is 4.98 Å². The number of nitrogen functional groups attached to an aromatic ring is 1. The minimum atomic E-state index is -0.592. The van der Waals surface area contributed by atoms with Crippen LogP contribution in [-0.2, 0) is 0 Å². The van der Waals surface area contributed by atoms with Gasteiger partial charge in [0.15, 0.2) is 17.3 Å². The number of rotatable bonds is 4. The Morgan fingerprint density at radius 2 is 2.30 bits per heavy atom. The lowest BCUT2D eigenvalue weighted by Crippen LogP contribution is -2.37. The molecule has 1 fully saturated rings. The number of amides is 1. The van der Waals surface area contributed by atoms with Crippen molar-refractivity contribution >= 4 is 23.1 Å². The fourth-order valence-electron chi connectivity index (χ4n) is 2.91. The van der Waals surface area contributed by atoms with E-state index in [4.69, 9.17) is 10.5 Å². The Morgan fingerprint density at radius 3 is 3.11 bits per heavy atom. The van der Waals surface area contributed by atoms with Crippen molar-refractivity contribution in [2.75, 3.05) is 24.1 Å². The maximum atomic E-state index is 13.3. The smallest absolute Gasteiger partial charge is 0.263 e. The summed E-state index contributed by atoms with van der Waals surface area (Å²) in [5.41, 5.74) is 6.29. The molecule has 4 heterocycles. The molecule has 3 aromatic heterocycles. The van der Waals surface area contributed by atoms with E-state index >= 15 is 0 Å². The van der Waals surface area contributed by atoms with Gasteiger partial charge in [-0.3, -0.25) is 4.79 Å². The van der Waals surface area contributed by atoms with Crippen LogP contribution in [0.5, 0.6) is 5.88 Å². The maximum absolute atomic E-state index is 13.3. The van der Waals surface area contributed by atoms with Crippen LogP contribution in [0.2, 0.25) is 0 Å². The molecule has 0 radical (unpaired) electrons. The average molecular weight is 372 g/mol. The van der Waals surface area contributed by atoms with E-state index in [1.54, 1.807) is 0 Å². The minimum Gasteiger partial charge on any atom is -0.471 e. The van der Waals surface area contributed by atoms with Gasteiger partial charge in [-0.1, -0.05) is 0 Å². The number of fused-ring (bicyclic) bond motifs is 1. The Bertz CT molecular complexity index is 986. The van der Waals surface area contributed by atoms with Gasteiger partial charge in [-0.05, 0) is 19.4 Å². The monoisotopic (exact) mass is 372 g/mol. The average Bonchev–Trinajstić information content (AvgIpc) is 2.99. The third-order valence-corrected chi connectivity index (χ3v) is 4.15. The molecule has 1 amide bonds. The summed E-state index contributed by atoms with van der Waals surface area (Å²) in [6.07, 6.45) is 6.70. The molecule has 0 saturated carbocycles.